The number of H-pyrrole nitrogens is 1. The molecule has 3 aliphatic rings. The monoisotopic (exact) mass is 324 g/mol. The van der Waals surface area contributed by atoms with Crippen LogP contribution in [0, 0.1) is 23.7 Å². The highest BCUT2D eigenvalue weighted by Gasteiger charge is 2.45. The van der Waals surface area contributed by atoms with E-state index < -0.39 is 0 Å². The first kappa shape index (κ1) is 14.8. The van der Waals surface area contributed by atoms with Crippen molar-refractivity contribution < 1.29 is 4.74 Å². The summed E-state index contributed by atoms with van der Waals surface area (Å²) in [5.74, 6) is 4.92. The van der Waals surface area contributed by atoms with Crippen molar-refractivity contribution in [3.63, 3.8) is 0 Å². The minimum absolute atomic E-state index is 0.732. The highest BCUT2D eigenvalue weighted by molar-refractivity contribution is 5.81. The molecule has 2 N–H and O–H groups in total. The minimum atomic E-state index is 0.732. The van der Waals surface area contributed by atoms with Crippen LogP contribution in [0.4, 0.5) is 0 Å². The molecule has 24 heavy (non-hydrogen) atoms. The van der Waals surface area contributed by atoms with E-state index in [9.17, 15) is 0 Å². The molecule has 0 aliphatic heterocycles. The molecule has 2 aromatic rings. The largest absolute Gasteiger partial charge is 0.497 e. The van der Waals surface area contributed by atoms with Gasteiger partial charge in [-0.3, -0.25) is 0 Å². The summed E-state index contributed by atoms with van der Waals surface area (Å²) in [5, 5.41) is 5.19. The number of fused-ring (bicyclic) bond motifs is 3. The van der Waals surface area contributed by atoms with Crippen LogP contribution in [0.3, 0.4) is 0 Å². The van der Waals surface area contributed by atoms with Crippen molar-refractivity contribution in [2.75, 3.05) is 7.11 Å². The second-order valence-corrected chi connectivity index (χ2v) is 8.41. The van der Waals surface area contributed by atoms with Gasteiger partial charge in [-0.1, -0.05) is 6.42 Å². The first-order chi connectivity index (χ1) is 11.8. The van der Waals surface area contributed by atoms with Crippen LogP contribution in [0.25, 0.3) is 10.9 Å². The Morgan fingerprint density at radius 2 is 2.00 bits per heavy atom. The van der Waals surface area contributed by atoms with Gasteiger partial charge in [0.1, 0.15) is 5.75 Å². The van der Waals surface area contributed by atoms with Crippen LogP contribution in [0.2, 0.25) is 0 Å². The SMILES string of the molecule is COc1ccc2cc(CNC3CC4CC5CCC3C(C5)C4)[nH]c2c1. The van der Waals surface area contributed by atoms with E-state index in [0.717, 1.165) is 42.0 Å². The van der Waals surface area contributed by atoms with Crippen molar-refractivity contribution in [2.24, 2.45) is 23.7 Å². The number of hydrogen-bond acceptors (Lipinski definition) is 2. The van der Waals surface area contributed by atoms with Crippen LogP contribution in [0.15, 0.2) is 24.3 Å². The summed E-state index contributed by atoms with van der Waals surface area (Å²) < 4.78 is 5.33. The molecule has 3 heteroatoms. The topological polar surface area (TPSA) is 37.0 Å². The molecule has 5 atom stereocenters. The third kappa shape index (κ3) is 2.54. The van der Waals surface area contributed by atoms with Gasteiger partial charge in [0.2, 0.25) is 0 Å². The van der Waals surface area contributed by atoms with Crippen LogP contribution in [0.1, 0.15) is 44.2 Å². The first-order valence-corrected chi connectivity index (χ1v) is 9.67. The first-order valence-electron chi connectivity index (χ1n) is 9.67. The quantitative estimate of drug-likeness (QED) is 0.870. The molecule has 1 aromatic heterocycles. The molecule has 0 amide bonds. The predicted octanol–water partition coefficient (Wildman–Crippen LogP) is 4.48. The minimum Gasteiger partial charge on any atom is -0.497 e. The van der Waals surface area contributed by atoms with E-state index in [1.807, 2.05) is 6.07 Å². The maximum Gasteiger partial charge on any atom is 0.120 e. The van der Waals surface area contributed by atoms with Crippen molar-refractivity contribution in [2.45, 2.75) is 51.1 Å². The zero-order chi connectivity index (χ0) is 16.1. The molecule has 128 valence electrons. The van der Waals surface area contributed by atoms with Crippen LogP contribution in [-0.2, 0) is 6.54 Å². The lowest BCUT2D eigenvalue weighted by Crippen LogP contribution is -2.50. The number of benzene rings is 1. The Morgan fingerprint density at radius 1 is 1.08 bits per heavy atom. The Kier molecular flexibility index (Phi) is 3.58. The van der Waals surface area contributed by atoms with Crippen LogP contribution in [-0.4, -0.2) is 18.1 Å². The maximum absolute atomic E-state index is 5.33. The van der Waals surface area contributed by atoms with Crippen LogP contribution < -0.4 is 10.1 Å². The van der Waals surface area contributed by atoms with Gasteiger partial charge in [-0.25, -0.2) is 0 Å². The maximum atomic E-state index is 5.33. The van der Waals surface area contributed by atoms with Gasteiger partial charge in [0.15, 0.2) is 0 Å². The molecule has 5 unspecified atom stereocenters. The molecule has 3 bridgehead atoms. The molecule has 1 heterocycles. The van der Waals surface area contributed by atoms with Gasteiger partial charge in [-0.05, 0) is 79.4 Å². The average molecular weight is 324 g/mol. The second kappa shape index (κ2) is 5.80. The molecular weight excluding hydrogens is 296 g/mol. The van der Waals surface area contributed by atoms with Crippen LogP contribution >= 0.6 is 0 Å². The lowest BCUT2D eigenvalue weighted by atomic mass is 9.56. The molecule has 0 radical (unpaired) electrons. The Morgan fingerprint density at radius 3 is 2.92 bits per heavy atom. The van der Waals surface area contributed by atoms with Gasteiger partial charge in [0.25, 0.3) is 0 Å². The van der Waals surface area contributed by atoms with E-state index in [4.69, 9.17) is 4.74 Å². The lowest BCUT2D eigenvalue weighted by molar-refractivity contribution is 0.00599. The fourth-order valence-corrected chi connectivity index (χ4v) is 5.99. The van der Waals surface area contributed by atoms with E-state index in [1.54, 1.807) is 7.11 Å². The Balaban J connectivity index is 1.30. The molecule has 3 fully saturated rings. The lowest BCUT2D eigenvalue weighted by Gasteiger charge is -2.52. The summed E-state index contributed by atoms with van der Waals surface area (Å²) in [5.41, 5.74) is 2.47. The van der Waals surface area contributed by atoms with Gasteiger partial charge in [-0.2, -0.15) is 0 Å². The van der Waals surface area contributed by atoms with E-state index >= 15 is 0 Å². The summed E-state index contributed by atoms with van der Waals surface area (Å²) in [6, 6.07) is 9.28. The van der Waals surface area contributed by atoms with Gasteiger partial charge >= 0.3 is 0 Å². The van der Waals surface area contributed by atoms with Gasteiger partial charge < -0.3 is 15.0 Å². The Hall–Kier alpha value is -1.48. The molecule has 3 saturated carbocycles. The van der Waals surface area contributed by atoms with E-state index in [2.05, 4.69) is 28.5 Å². The molecule has 3 nitrogen and oxygen atoms in total. The molecule has 1 aromatic carbocycles. The fraction of sp³-hybridized carbons (Fsp3) is 0.619. The Labute approximate surface area is 144 Å². The summed E-state index contributed by atoms with van der Waals surface area (Å²) in [7, 11) is 1.72. The normalized spacial score (nSPS) is 34.6. The fourth-order valence-electron chi connectivity index (χ4n) is 5.99. The summed E-state index contributed by atoms with van der Waals surface area (Å²) >= 11 is 0. The summed E-state index contributed by atoms with van der Waals surface area (Å²) in [6.45, 7) is 0.959. The number of methoxy groups -OCH3 is 1. The van der Waals surface area contributed by atoms with Crippen LogP contribution in [0.5, 0.6) is 5.75 Å². The number of nitrogens with one attached hydrogen (secondary N) is 2. The smallest absolute Gasteiger partial charge is 0.120 e. The van der Waals surface area contributed by atoms with Crippen molar-refractivity contribution in [3.05, 3.63) is 30.0 Å². The van der Waals surface area contributed by atoms with Crippen molar-refractivity contribution in [1.29, 1.82) is 0 Å². The van der Waals surface area contributed by atoms with Gasteiger partial charge in [0, 0.05) is 29.9 Å². The zero-order valence-electron chi connectivity index (χ0n) is 14.6. The highest BCUT2D eigenvalue weighted by Crippen LogP contribution is 2.52. The second-order valence-electron chi connectivity index (χ2n) is 8.41. The molecule has 5 rings (SSSR count). The Bertz CT molecular complexity index is 731. The van der Waals surface area contributed by atoms with Crippen molar-refractivity contribution in [3.8, 4) is 5.75 Å². The molecular formula is C21H28N2O. The number of ether oxygens (including phenoxy) is 1. The average Bonchev–Trinajstić information content (AvgIpc) is 3.00. The highest BCUT2D eigenvalue weighted by atomic mass is 16.5. The number of rotatable bonds is 4. The third-order valence-corrected chi connectivity index (χ3v) is 7.00. The van der Waals surface area contributed by atoms with Crippen molar-refractivity contribution >= 4 is 10.9 Å². The number of aromatic amines is 1. The van der Waals surface area contributed by atoms with E-state index in [1.165, 1.54) is 55.1 Å². The summed E-state index contributed by atoms with van der Waals surface area (Å²) in [4.78, 5) is 3.56. The van der Waals surface area contributed by atoms with Gasteiger partial charge in [-0.15, -0.1) is 0 Å². The molecule has 3 aliphatic carbocycles. The van der Waals surface area contributed by atoms with E-state index in [-0.39, 0.29) is 0 Å². The predicted molar refractivity (Wildman–Crippen MR) is 97.1 cm³/mol. The zero-order valence-corrected chi connectivity index (χ0v) is 14.6. The number of aromatic nitrogens is 1. The standard InChI is InChI=1S/C21H28N2O/c1-24-18-4-3-15-10-17(23-20(15)11-18)12-22-21-9-14-6-13-2-5-19(21)16(7-13)8-14/h3-4,10-11,13-14,16,19,21-23H,2,5-9,12H2,1H3. The summed E-state index contributed by atoms with van der Waals surface area (Å²) in [6.07, 6.45) is 8.90. The number of hydrogen-bond donors (Lipinski definition) is 2. The third-order valence-electron chi connectivity index (χ3n) is 7.00. The van der Waals surface area contributed by atoms with Crippen molar-refractivity contribution in [1.82, 2.24) is 10.3 Å². The van der Waals surface area contributed by atoms with Gasteiger partial charge in [0.05, 0.1) is 7.11 Å². The molecule has 0 spiro atoms. The van der Waals surface area contributed by atoms with E-state index in [0.29, 0.717) is 0 Å². The molecule has 0 saturated heterocycles.